The SMILES string of the molecule is CCC1C[N+]2(Cc3c4ccccc4cc4ccccc34)CCC1CC2[C@@H](OC(=O)C12CC3CC(CC(C3)C1)C2)c1ccnc2ccccc12.[Cl-]. The van der Waals surface area contributed by atoms with E-state index in [4.69, 9.17) is 9.72 Å². The van der Waals surface area contributed by atoms with E-state index < -0.39 is 0 Å². The summed E-state index contributed by atoms with van der Waals surface area (Å²) in [6.07, 6.45) is 12.3. The van der Waals surface area contributed by atoms with Gasteiger partial charge in [-0.25, -0.2) is 0 Å². The number of aromatic nitrogens is 1. The van der Waals surface area contributed by atoms with Crippen LogP contribution >= 0.6 is 0 Å². The van der Waals surface area contributed by atoms with Gasteiger partial charge in [-0.3, -0.25) is 9.78 Å². The lowest BCUT2D eigenvalue weighted by Crippen LogP contribution is -3.00. The molecule has 0 amide bonds. The molecule has 50 heavy (non-hydrogen) atoms. The number of ether oxygens (including phenoxy) is 1. The summed E-state index contributed by atoms with van der Waals surface area (Å²) in [5.41, 5.74) is 3.32. The molecule has 4 heterocycles. The van der Waals surface area contributed by atoms with Crippen molar-refractivity contribution in [3.8, 4) is 0 Å². The quantitative estimate of drug-likeness (QED) is 0.104. The van der Waals surface area contributed by atoms with Crippen molar-refractivity contribution >= 4 is 38.4 Å². The van der Waals surface area contributed by atoms with Crippen LogP contribution in [-0.4, -0.2) is 34.6 Å². The molecule has 5 heteroatoms. The fourth-order valence-electron chi connectivity index (χ4n) is 12.6. The van der Waals surface area contributed by atoms with E-state index in [1.165, 1.54) is 59.2 Å². The number of piperidine rings is 3. The fourth-order valence-corrected chi connectivity index (χ4v) is 12.6. The highest BCUT2D eigenvalue weighted by atomic mass is 35.5. The predicted octanol–water partition coefficient (Wildman–Crippen LogP) is 7.18. The highest BCUT2D eigenvalue weighted by Crippen LogP contribution is 2.61. The van der Waals surface area contributed by atoms with Gasteiger partial charge in [0.2, 0.25) is 0 Å². The number of hydrogen-bond acceptors (Lipinski definition) is 3. The van der Waals surface area contributed by atoms with Crippen LogP contribution in [0.1, 0.15) is 81.9 Å². The van der Waals surface area contributed by atoms with Crippen molar-refractivity contribution < 1.29 is 26.4 Å². The first kappa shape index (κ1) is 32.4. The Bertz CT molecular complexity index is 2000. The third-order valence-electron chi connectivity index (χ3n) is 14.4. The van der Waals surface area contributed by atoms with Crippen molar-refractivity contribution in [1.82, 2.24) is 4.98 Å². The summed E-state index contributed by atoms with van der Waals surface area (Å²) in [5.74, 6) is 3.60. The summed E-state index contributed by atoms with van der Waals surface area (Å²) >= 11 is 0. The molecule has 258 valence electrons. The highest BCUT2D eigenvalue weighted by Gasteiger charge is 2.59. The molecule has 7 fully saturated rings. The molecule has 1 aromatic heterocycles. The molecule has 4 nitrogen and oxygen atoms in total. The van der Waals surface area contributed by atoms with Crippen molar-refractivity contribution in [3.05, 3.63) is 102 Å². The summed E-state index contributed by atoms with van der Waals surface area (Å²) in [7, 11) is 0. The number of esters is 1. The van der Waals surface area contributed by atoms with Crippen LogP contribution in [0.25, 0.3) is 32.4 Å². The van der Waals surface area contributed by atoms with Gasteiger partial charge < -0.3 is 21.6 Å². The Morgan fingerprint density at radius 2 is 1.46 bits per heavy atom. The number of halogens is 1. The molecule has 4 aliphatic carbocycles. The lowest BCUT2D eigenvalue weighted by Gasteiger charge is -2.59. The number of nitrogens with zero attached hydrogens (tertiary/aromatic N) is 2. The van der Waals surface area contributed by atoms with Crippen LogP contribution in [0.15, 0.2) is 91.1 Å². The first-order valence-electron chi connectivity index (χ1n) is 19.3. The van der Waals surface area contributed by atoms with Crippen LogP contribution < -0.4 is 12.4 Å². The van der Waals surface area contributed by atoms with E-state index in [2.05, 4.69) is 91.9 Å². The number of para-hydroxylation sites is 1. The number of hydrogen-bond donors (Lipinski definition) is 0. The number of quaternary nitrogens is 1. The normalized spacial score (nSPS) is 33.1. The molecule has 4 saturated carbocycles. The number of benzene rings is 4. The number of carbonyl (C=O) groups excluding carboxylic acids is 1. The van der Waals surface area contributed by atoms with Crippen molar-refractivity contribution in [2.45, 2.75) is 83.4 Å². The summed E-state index contributed by atoms with van der Waals surface area (Å²) in [6, 6.07) is 31.2. The largest absolute Gasteiger partial charge is 1.00 e. The summed E-state index contributed by atoms with van der Waals surface area (Å²) in [5, 5.41) is 6.50. The molecule has 12 rings (SSSR count). The van der Waals surface area contributed by atoms with Crippen molar-refractivity contribution in [1.29, 1.82) is 0 Å². The maximum Gasteiger partial charge on any atom is 0.312 e. The van der Waals surface area contributed by atoms with Crippen molar-refractivity contribution in [2.24, 2.45) is 35.0 Å². The molecule has 5 aromatic rings. The maximum atomic E-state index is 15.0. The van der Waals surface area contributed by atoms with Gasteiger partial charge in [0, 0.05) is 41.5 Å². The van der Waals surface area contributed by atoms with Gasteiger partial charge >= 0.3 is 5.97 Å². The Morgan fingerprint density at radius 3 is 2.12 bits per heavy atom. The standard InChI is InChI=1S/C45H49N2O2.ClH/c1-2-32-27-47(28-40-36-11-5-3-9-34(36)22-35-10-4-6-12-37(35)40)18-16-33(32)23-42(47)43(39-15-17-46-41-14-8-7-13-38(39)41)49-44(48)45-24-29-19-30(25-45)21-31(20-29)26-45;/h3-15,17,22,29-33,42-43H,2,16,18-21,23-28H2,1H3;1H/q+1;/p-1/t29?,30?,31?,32?,33?,42?,43-,45?,47?;/m0./s1. The average molecular weight is 685 g/mol. The van der Waals surface area contributed by atoms with E-state index in [9.17, 15) is 4.79 Å². The lowest BCUT2D eigenvalue weighted by atomic mass is 9.49. The van der Waals surface area contributed by atoms with E-state index in [0.29, 0.717) is 29.6 Å². The van der Waals surface area contributed by atoms with Gasteiger partial charge in [-0.05, 0) is 108 Å². The van der Waals surface area contributed by atoms with E-state index in [-0.39, 0.29) is 35.9 Å². The topological polar surface area (TPSA) is 39.2 Å². The second-order valence-corrected chi connectivity index (χ2v) is 17.0. The van der Waals surface area contributed by atoms with Gasteiger partial charge in [0.1, 0.15) is 12.6 Å². The van der Waals surface area contributed by atoms with Crippen molar-refractivity contribution in [2.75, 3.05) is 13.1 Å². The minimum atomic E-state index is -0.296. The number of fused-ring (bicyclic) bond motifs is 6. The van der Waals surface area contributed by atoms with Crippen LogP contribution in [0.3, 0.4) is 0 Å². The second kappa shape index (κ2) is 12.3. The predicted molar refractivity (Wildman–Crippen MR) is 197 cm³/mol. The second-order valence-electron chi connectivity index (χ2n) is 17.0. The lowest BCUT2D eigenvalue weighted by molar-refractivity contribution is -0.985. The Hall–Kier alpha value is -3.47. The average Bonchev–Trinajstić information content (AvgIpc) is 3.13. The van der Waals surface area contributed by atoms with Crippen LogP contribution in [0, 0.1) is 35.0 Å². The molecule has 4 aromatic carbocycles. The Labute approximate surface area is 302 Å². The molecule has 3 aliphatic heterocycles. The van der Waals surface area contributed by atoms with Crippen LogP contribution in [0.4, 0.5) is 0 Å². The third kappa shape index (κ3) is 5.11. The van der Waals surface area contributed by atoms with Gasteiger partial charge in [0.15, 0.2) is 6.10 Å². The van der Waals surface area contributed by atoms with Crippen LogP contribution in [0.2, 0.25) is 0 Å². The number of carbonyl (C=O) groups is 1. The van der Waals surface area contributed by atoms with Gasteiger partial charge in [-0.1, -0.05) is 73.7 Å². The Kier molecular flexibility index (Phi) is 8.01. The Morgan fingerprint density at radius 1 is 0.840 bits per heavy atom. The first-order chi connectivity index (χ1) is 24.0. The first-order valence-corrected chi connectivity index (χ1v) is 19.3. The maximum absolute atomic E-state index is 15.0. The molecular weight excluding hydrogens is 636 g/mol. The zero-order chi connectivity index (χ0) is 32.7. The smallest absolute Gasteiger partial charge is 0.312 e. The summed E-state index contributed by atoms with van der Waals surface area (Å²) in [4.78, 5) is 19.7. The molecule has 0 N–H and O–H groups in total. The van der Waals surface area contributed by atoms with E-state index in [1.807, 2.05) is 6.20 Å². The molecule has 0 radical (unpaired) electrons. The molecule has 6 bridgehead atoms. The van der Waals surface area contributed by atoms with E-state index >= 15 is 0 Å². The van der Waals surface area contributed by atoms with E-state index in [1.54, 1.807) is 0 Å². The third-order valence-corrected chi connectivity index (χ3v) is 14.4. The highest BCUT2D eigenvalue weighted by molar-refractivity contribution is 6.02. The van der Waals surface area contributed by atoms with Gasteiger partial charge in [0.05, 0.1) is 24.0 Å². The molecular formula is C45H49ClN2O2. The molecule has 3 saturated heterocycles. The van der Waals surface area contributed by atoms with Gasteiger partial charge in [-0.2, -0.15) is 0 Å². The van der Waals surface area contributed by atoms with Gasteiger partial charge in [0.25, 0.3) is 0 Å². The van der Waals surface area contributed by atoms with Crippen LogP contribution in [-0.2, 0) is 16.1 Å². The minimum Gasteiger partial charge on any atom is -1.00 e. The monoisotopic (exact) mass is 684 g/mol. The van der Waals surface area contributed by atoms with Gasteiger partial charge in [-0.15, -0.1) is 0 Å². The molecule has 4 unspecified atom stereocenters. The molecule has 5 atom stereocenters. The zero-order valence-corrected chi connectivity index (χ0v) is 30.0. The van der Waals surface area contributed by atoms with E-state index in [0.717, 1.165) is 66.3 Å². The fraction of sp³-hybridized carbons (Fsp3) is 0.467. The zero-order valence-electron chi connectivity index (χ0n) is 29.3. The van der Waals surface area contributed by atoms with Crippen LogP contribution in [0.5, 0.6) is 0 Å². The number of pyridine rings is 1. The molecule has 0 spiro atoms. The minimum absolute atomic E-state index is 0. The summed E-state index contributed by atoms with van der Waals surface area (Å²) in [6.45, 7) is 5.64. The Balaban J connectivity index is 0.00000336. The number of rotatable bonds is 7. The molecule has 7 aliphatic rings. The van der Waals surface area contributed by atoms with Crippen molar-refractivity contribution in [3.63, 3.8) is 0 Å². The summed E-state index contributed by atoms with van der Waals surface area (Å²) < 4.78 is 8.23.